The first kappa shape index (κ1) is 44.9. The van der Waals surface area contributed by atoms with Crippen LogP contribution in [-0.4, -0.2) is 47.6 Å². The smallest absolute Gasteiger partial charge is 0.338 e. The van der Waals surface area contributed by atoms with Crippen LogP contribution in [0.15, 0.2) is 0 Å². The molecule has 0 aromatic rings. The van der Waals surface area contributed by atoms with Gasteiger partial charge in [0, 0.05) is 0 Å². The van der Waals surface area contributed by atoms with Crippen LogP contribution in [0.2, 0.25) is 0 Å². The molecule has 0 heterocycles. The van der Waals surface area contributed by atoms with Crippen molar-refractivity contribution >= 4 is 11.9 Å². The summed E-state index contributed by atoms with van der Waals surface area (Å²) in [7, 11) is 0. The molecule has 0 aliphatic rings. The molecule has 0 bridgehead atoms. The lowest BCUT2D eigenvalue weighted by molar-refractivity contribution is -0.173. The van der Waals surface area contributed by atoms with Crippen molar-refractivity contribution in [2.24, 2.45) is 11.8 Å². The first-order valence-electron chi connectivity index (χ1n) is 19.9. The Balaban J connectivity index is 3.52. The number of aliphatic hydroxyl groups is 2. The maximum atomic E-state index is 12.0. The van der Waals surface area contributed by atoms with Gasteiger partial charge in [0.2, 0.25) is 0 Å². The largest absolute Gasteiger partial charge is 0.464 e. The highest BCUT2D eigenvalue weighted by atomic mass is 16.6. The number of esters is 2. The summed E-state index contributed by atoms with van der Waals surface area (Å²) in [4.78, 5) is 24.1. The minimum Gasteiger partial charge on any atom is -0.464 e. The van der Waals surface area contributed by atoms with Gasteiger partial charge in [0.25, 0.3) is 0 Å². The van der Waals surface area contributed by atoms with Gasteiger partial charge in [0.1, 0.15) is 0 Å². The lowest BCUT2D eigenvalue weighted by Crippen LogP contribution is -2.41. The van der Waals surface area contributed by atoms with Crippen molar-refractivity contribution in [1.82, 2.24) is 0 Å². The third kappa shape index (κ3) is 31.5. The van der Waals surface area contributed by atoms with Gasteiger partial charge in [-0.25, -0.2) is 9.59 Å². The molecular weight excluding hydrogens is 576 g/mol. The van der Waals surface area contributed by atoms with E-state index in [1.807, 2.05) is 0 Å². The summed E-state index contributed by atoms with van der Waals surface area (Å²) in [5, 5.41) is 20.0. The normalized spacial score (nSPS) is 13.0. The molecule has 0 rings (SSSR count). The van der Waals surface area contributed by atoms with Crippen molar-refractivity contribution in [1.29, 1.82) is 0 Å². The van der Waals surface area contributed by atoms with E-state index in [1.54, 1.807) is 0 Å². The van der Waals surface area contributed by atoms with Crippen molar-refractivity contribution in [2.45, 2.75) is 220 Å². The highest BCUT2D eigenvalue weighted by Crippen LogP contribution is 2.16. The first-order valence-corrected chi connectivity index (χ1v) is 19.9. The summed E-state index contributed by atoms with van der Waals surface area (Å²) >= 11 is 0. The lowest BCUT2D eigenvalue weighted by atomic mass is 10.0. The summed E-state index contributed by atoms with van der Waals surface area (Å²) < 4.78 is 10.2. The molecule has 0 amide bonds. The molecule has 0 unspecified atom stereocenters. The molecule has 6 heteroatoms. The van der Waals surface area contributed by atoms with Crippen LogP contribution >= 0.6 is 0 Å². The van der Waals surface area contributed by atoms with Gasteiger partial charge < -0.3 is 19.7 Å². The topological polar surface area (TPSA) is 93.1 Å². The zero-order chi connectivity index (χ0) is 34.1. The highest BCUT2D eigenvalue weighted by Gasteiger charge is 2.32. The van der Waals surface area contributed by atoms with Gasteiger partial charge in [-0.1, -0.05) is 195 Å². The molecule has 0 radical (unpaired) electrons. The fourth-order valence-corrected chi connectivity index (χ4v) is 5.97. The molecule has 0 aromatic carbocycles. The third-order valence-corrected chi connectivity index (χ3v) is 9.12. The Morgan fingerprint density at radius 3 is 0.783 bits per heavy atom. The van der Waals surface area contributed by atoms with Crippen molar-refractivity contribution in [2.75, 3.05) is 13.2 Å². The predicted molar refractivity (Wildman–Crippen MR) is 193 cm³/mol. The maximum absolute atomic E-state index is 12.0. The van der Waals surface area contributed by atoms with Gasteiger partial charge >= 0.3 is 11.9 Å². The molecule has 0 aliphatic carbocycles. The van der Waals surface area contributed by atoms with E-state index in [0.717, 1.165) is 37.5 Å². The van der Waals surface area contributed by atoms with Gasteiger partial charge in [0.15, 0.2) is 12.2 Å². The predicted octanol–water partition coefficient (Wildman–Crippen LogP) is 11.0. The molecular formula is C40H78O6. The number of ether oxygens (including phenoxy) is 2. The quantitative estimate of drug-likeness (QED) is 0.0522. The zero-order valence-corrected chi connectivity index (χ0v) is 31.1. The van der Waals surface area contributed by atoms with Gasteiger partial charge in [-0.2, -0.15) is 0 Å². The number of hydrogen-bond donors (Lipinski definition) is 2. The van der Waals surface area contributed by atoms with Crippen molar-refractivity contribution < 1.29 is 29.3 Å². The Bertz CT molecular complexity index is 608. The van der Waals surface area contributed by atoms with E-state index in [9.17, 15) is 19.8 Å². The summed E-state index contributed by atoms with van der Waals surface area (Å²) in [6.45, 7) is 9.59. The standard InChI is InChI=1S/C40H78O6/c1-35(2)31-27-23-19-15-11-7-5-9-13-17-21-25-29-33-45-39(43)37(41)38(42)40(44)46-34-30-26-22-18-14-10-6-8-12-16-20-24-28-32-36(3)4/h35-38,41-42H,5-34H2,1-4H3/t37-,38-/m1/s1. The van der Waals surface area contributed by atoms with Crippen molar-refractivity contribution in [3.8, 4) is 0 Å². The number of rotatable bonds is 35. The number of unbranched alkanes of at least 4 members (excludes halogenated alkanes) is 24. The van der Waals surface area contributed by atoms with Crippen LogP contribution in [0.3, 0.4) is 0 Å². The van der Waals surface area contributed by atoms with Crippen molar-refractivity contribution in [3.05, 3.63) is 0 Å². The van der Waals surface area contributed by atoms with Crippen LogP contribution < -0.4 is 0 Å². The molecule has 274 valence electrons. The molecule has 6 nitrogen and oxygen atoms in total. The molecule has 0 spiro atoms. The average molecular weight is 655 g/mol. The zero-order valence-electron chi connectivity index (χ0n) is 31.1. The number of aliphatic hydroxyl groups excluding tert-OH is 2. The molecule has 0 aliphatic heterocycles. The molecule has 0 aromatic heterocycles. The second-order valence-corrected chi connectivity index (χ2v) is 14.8. The summed E-state index contributed by atoms with van der Waals surface area (Å²) in [5.41, 5.74) is 0. The number of carbonyl (C=O) groups is 2. The number of carbonyl (C=O) groups excluding carboxylic acids is 2. The van der Waals surface area contributed by atoms with Crippen molar-refractivity contribution in [3.63, 3.8) is 0 Å². The van der Waals surface area contributed by atoms with Crippen LogP contribution in [0.25, 0.3) is 0 Å². The summed E-state index contributed by atoms with van der Waals surface area (Å²) in [6, 6.07) is 0. The Kier molecular flexibility index (Phi) is 32.9. The molecule has 0 fully saturated rings. The Morgan fingerprint density at radius 2 is 0.565 bits per heavy atom. The SMILES string of the molecule is CC(C)CCCCCCCCCCCCCCCOC(=O)[C@H](O)[C@@H](O)C(=O)OCCCCCCCCCCCCCCCC(C)C. The van der Waals surface area contributed by atoms with E-state index in [1.165, 1.54) is 141 Å². The minimum atomic E-state index is -1.91. The Morgan fingerprint density at radius 1 is 0.370 bits per heavy atom. The van der Waals surface area contributed by atoms with Crippen LogP contribution in [0.1, 0.15) is 207 Å². The van der Waals surface area contributed by atoms with Crippen LogP contribution in [-0.2, 0) is 19.1 Å². The monoisotopic (exact) mass is 655 g/mol. The first-order chi connectivity index (χ1) is 22.3. The van der Waals surface area contributed by atoms with Gasteiger partial charge in [-0.15, -0.1) is 0 Å². The second-order valence-electron chi connectivity index (χ2n) is 14.8. The van der Waals surface area contributed by atoms with Gasteiger partial charge in [-0.3, -0.25) is 0 Å². The van der Waals surface area contributed by atoms with E-state index in [2.05, 4.69) is 27.7 Å². The fourth-order valence-electron chi connectivity index (χ4n) is 5.97. The van der Waals surface area contributed by atoms with Crippen LogP contribution in [0.5, 0.6) is 0 Å². The lowest BCUT2D eigenvalue weighted by Gasteiger charge is -2.16. The highest BCUT2D eigenvalue weighted by molar-refractivity contribution is 5.85. The summed E-state index contributed by atoms with van der Waals surface area (Å²) in [5.74, 6) is -0.263. The van der Waals surface area contributed by atoms with Crippen LogP contribution in [0, 0.1) is 11.8 Å². The molecule has 2 N–H and O–H groups in total. The second kappa shape index (κ2) is 33.7. The molecule has 0 saturated heterocycles. The van der Waals surface area contributed by atoms with E-state index >= 15 is 0 Å². The van der Waals surface area contributed by atoms with Gasteiger partial charge in [0.05, 0.1) is 13.2 Å². The fraction of sp³-hybridized carbons (Fsp3) is 0.950. The van der Waals surface area contributed by atoms with Crippen LogP contribution in [0.4, 0.5) is 0 Å². The van der Waals surface area contributed by atoms with E-state index in [0.29, 0.717) is 12.8 Å². The Labute approximate surface area is 285 Å². The molecule has 0 saturated carbocycles. The third-order valence-electron chi connectivity index (χ3n) is 9.12. The number of hydrogen-bond acceptors (Lipinski definition) is 6. The summed E-state index contributed by atoms with van der Waals surface area (Å²) in [6.07, 6.45) is 31.1. The van der Waals surface area contributed by atoms with Gasteiger partial charge in [-0.05, 0) is 24.7 Å². The molecule has 46 heavy (non-hydrogen) atoms. The van der Waals surface area contributed by atoms with E-state index in [-0.39, 0.29) is 13.2 Å². The average Bonchev–Trinajstić information content (AvgIpc) is 3.03. The van der Waals surface area contributed by atoms with E-state index in [4.69, 9.17) is 9.47 Å². The minimum absolute atomic E-state index is 0.188. The maximum Gasteiger partial charge on any atom is 0.338 e. The molecule has 2 atom stereocenters. The Hall–Kier alpha value is -1.14. The van der Waals surface area contributed by atoms with E-state index < -0.39 is 24.1 Å².